The minimum Gasteiger partial charge on any atom is -0.382 e. The predicted molar refractivity (Wildman–Crippen MR) is 76.8 cm³/mol. The molecule has 15 heteroatoms. The van der Waals surface area contributed by atoms with Gasteiger partial charge in [-0.1, -0.05) is 0 Å². The van der Waals surface area contributed by atoms with Crippen LogP contribution < -0.4 is 5.73 Å². The Hall–Kier alpha value is -1.67. The Balaban J connectivity index is 0.000000463. The van der Waals surface area contributed by atoms with E-state index in [0.717, 1.165) is 0 Å². The second kappa shape index (κ2) is 7.74. The van der Waals surface area contributed by atoms with Gasteiger partial charge in [-0.2, -0.15) is 8.42 Å². The number of nitrogen functional groups attached to an aromatic ring is 1. The predicted octanol–water partition coefficient (Wildman–Crippen LogP) is -1.09. The zero-order chi connectivity index (χ0) is 17.7. The molecule has 13 nitrogen and oxygen atoms in total. The van der Waals surface area contributed by atoms with Crippen LogP contribution in [0.5, 0.6) is 0 Å². The fourth-order valence-electron chi connectivity index (χ4n) is 1.41. The molecule has 2 heterocycles. The molecule has 0 amide bonds. The van der Waals surface area contributed by atoms with Gasteiger partial charge in [0.25, 0.3) is 0 Å². The van der Waals surface area contributed by atoms with Crippen molar-refractivity contribution in [3.05, 3.63) is 12.7 Å². The van der Waals surface area contributed by atoms with E-state index in [-0.39, 0.29) is 12.4 Å². The second-order valence-electron chi connectivity index (χ2n) is 4.02. The molecule has 0 saturated carbocycles. The van der Waals surface area contributed by atoms with Gasteiger partial charge in [-0.15, -0.1) is 0 Å². The molecule has 0 aliphatic rings. The van der Waals surface area contributed by atoms with E-state index in [1.54, 1.807) is 4.57 Å². The Morgan fingerprint density at radius 3 is 2.43 bits per heavy atom. The van der Waals surface area contributed by atoms with E-state index in [0.29, 0.717) is 17.7 Å². The molecule has 0 fully saturated rings. The first-order valence-electron chi connectivity index (χ1n) is 5.71. The number of ether oxygens (including phenoxy) is 1. The Kier molecular flexibility index (Phi) is 6.52. The summed E-state index contributed by atoms with van der Waals surface area (Å²) < 4.78 is 48.7. The Bertz CT molecular complexity index is 794. The lowest BCUT2D eigenvalue weighted by Crippen LogP contribution is -2.07. The second-order valence-corrected chi connectivity index (χ2v) is 6.50. The first-order chi connectivity index (χ1) is 10.5. The van der Waals surface area contributed by atoms with E-state index in [4.69, 9.17) is 37.8 Å². The quantitative estimate of drug-likeness (QED) is 0.241. The number of hydrogen-bond donors (Lipinski definition) is 5. The van der Waals surface area contributed by atoms with Crippen molar-refractivity contribution in [1.82, 2.24) is 19.5 Å². The van der Waals surface area contributed by atoms with Crippen molar-refractivity contribution in [2.75, 3.05) is 18.7 Å². The molecule has 0 bridgehead atoms. The van der Waals surface area contributed by atoms with E-state index in [9.17, 15) is 4.57 Å². The molecule has 2 rings (SSSR count). The van der Waals surface area contributed by atoms with Crippen LogP contribution in [-0.2, 0) is 26.2 Å². The third kappa shape index (κ3) is 7.94. The molecule has 0 unspecified atom stereocenters. The van der Waals surface area contributed by atoms with Gasteiger partial charge in [-0.3, -0.25) is 13.7 Å². The molecule has 0 atom stereocenters. The number of nitrogens with two attached hydrogens (primary N) is 1. The highest BCUT2D eigenvalue weighted by Gasteiger charge is 2.13. The molecule has 23 heavy (non-hydrogen) atoms. The van der Waals surface area contributed by atoms with E-state index in [2.05, 4.69) is 15.0 Å². The summed E-state index contributed by atoms with van der Waals surface area (Å²) in [6.07, 6.45) is 2.25. The summed E-state index contributed by atoms with van der Waals surface area (Å²) in [7, 11) is -8.79. The number of aromatic nitrogens is 4. The van der Waals surface area contributed by atoms with Crippen LogP contribution in [0.15, 0.2) is 12.7 Å². The smallest absolute Gasteiger partial charge is 0.382 e. The van der Waals surface area contributed by atoms with Crippen molar-refractivity contribution in [3.63, 3.8) is 0 Å². The zero-order valence-corrected chi connectivity index (χ0v) is 13.1. The summed E-state index contributed by atoms with van der Waals surface area (Å²) in [5.74, 6) is 0.287. The van der Waals surface area contributed by atoms with Crippen LogP contribution in [-0.4, -0.2) is 59.8 Å². The Morgan fingerprint density at radius 2 is 1.87 bits per heavy atom. The minimum atomic E-state index is -4.67. The van der Waals surface area contributed by atoms with Crippen LogP contribution in [0.4, 0.5) is 5.82 Å². The molecule has 130 valence electrons. The fraction of sp³-hybridized carbons (Fsp3) is 0.375. The van der Waals surface area contributed by atoms with Crippen LogP contribution >= 0.6 is 7.60 Å². The van der Waals surface area contributed by atoms with Crippen LogP contribution in [0.3, 0.4) is 0 Å². The molecular weight excluding hydrogens is 357 g/mol. The lowest BCUT2D eigenvalue weighted by Gasteiger charge is -2.06. The summed E-state index contributed by atoms with van der Waals surface area (Å²) in [6, 6.07) is 0. The first kappa shape index (κ1) is 19.4. The number of anilines is 1. The minimum absolute atomic E-state index is 0.139. The topological polar surface area (TPSA) is 211 Å². The average Bonchev–Trinajstić information content (AvgIpc) is 2.76. The van der Waals surface area contributed by atoms with E-state index < -0.39 is 24.3 Å². The number of fused-ring (bicyclic) bond motifs is 1. The maximum Gasteiger partial charge on any atom is 0.394 e. The van der Waals surface area contributed by atoms with Crippen LogP contribution in [0.1, 0.15) is 0 Å². The zero-order valence-electron chi connectivity index (χ0n) is 11.4. The van der Waals surface area contributed by atoms with Crippen LogP contribution in [0.25, 0.3) is 11.2 Å². The normalized spacial score (nSPS) is 12.0. The SMILES string of the molecule is Nc1ncnc2c1ncn2CCOCP(=O)(O)O.O=S(=O)(O)O. The van der Waals surface area contributed by atoms with E-state index in [1.807, 2.05) is 0 Å². The van der Waals surface area contributed by atoms with Crippen molar-refractivity contribution in [3.8, 4) is 0 Å². The summed E-state index contributed by atoms with van der Waals surface area (Å²) in [5, 5.41) is 0. The van der Waals surface area contributed by atoms with Gasteiger partial charge in [0.15, 0.2) is 11.5 Å². The van der Waals surface area contributed by atoms with Gasteiger partial charge in [0.05, 0.1) is 12.9 Å². The first-order valence-corrected chi connectivity index (χ1v) is 8.90. The van der Waals surface area contributed by atoms with Gasteiger partial charge in [0.1, 0.15) is 18.2 Å². The molecule has 0 aliphatic heterocycles. The third-order valence-corrected chi connectivity index (χ3v) is 2.68. The molecule has 0 saturated heterocycles. The molecule has 2 aromatic heterocycles. The van der Waals surface area contributed by atoms with Gasteiger partial charge in [0.2, 0.25) is 0 Å². The maximum atomic E-state index is 10.6. The van der Waals surface area contributed by atoms with Crippen molar-refractivity contribution < 1.29 is 36.6 Å². The molecule has 2 aromatic rings. The van der Waals surface area contributed by atoms with Crippen LogP contribution in [0, 0.1) is 0 Å². The van der Waals surface area contributed by atoms with Gasteiger partial charge < -0.3 is 24.8 Å². The highest BCUT2D eigenvalue weighted by molar-refractivity contribution is 7.79. The molecule has 0 radical (unpaired) electrons. The molecular formula is C8H14N5O8PS. The standard InChI is InChI=1S/C8H12N5O4P.H2O4S/c9-7-6-8(11-3-10-7)13(4-12-6)1-2-17-5-18(14,15)16;1-5(2,3)4/h3-4H,1-2,5H2,(H2,9,10,11)(H2,14,15,16);(H2,1,2,3,4). The molecule has 6 N–H and O–H groups in total. The number of rotatable bonds is 5. The summed E-state index contributed by atoms with van der Waals surface area (Å²) in [6.45, 7) is 0.507. The number of imidazole rings is 1. The van der Waals surface area contributed by atoms with Crippen molar-refractivity contribution in [2.24, 2.45) is 0 Å². The fourth-order valence-corrected chi connectivity index (χ4v) is 1.78. The number of hydrogen-bond acceptors (Lipinski definition) is 8. The highest BCUT2D eigenvalue weighted by Crippen LogP contribution is 2.33. The Morgan fingerprint density at radius 1 is 1.26 bits per heavy atom. The summed E-state index contributed by atoms with van der Waals surface area (Å²) >= 11 is 0. The molecule has 0 aliphatic carbocycles. The van der Waals surface area contributed by atoms with E-state index >= 15 is 0 Å². The van der Waals surface area contributed by atoms with Gasteiger partial charge in [-0.25, -0.2) is 15.0 Å². The molecule has 0 spiro atoms. The molecule has 0 aromatic carbocycles. The maximum absolute atomic E-state index is 10.6. The highest BCUT2D eigenvalue weighted by atomic mass is 32.3. The van der Waals surface area contributed by atoms with Crippen molar-refractivity contribution in [2.45, 2.75) is 6.54 Å². The average molecular weight is 371 g/mol. The summed E-state index contributed by atoms with van der Waals surface area (Å²) in [4.78, 5) is 29.1. The van der Waals surface area contributed by atoms with Crippen molar-refractivity contribution >= 4 is 35.0 Å². The third-order valence-electron chi connectivity index (χ3n) is 2.17. The number of nitrogens with zero attached hydrogens (tertiary/aromatic N) is 4. The summed E-state index contributed by atoms with van der Waals surface area (Å²) in [5.41, 5.74) is 6.67. The Labute approximate surface area is 129 Å². The van der Waals surface area contributed by atoms with Crippen molar-refractivity contribution in [1.29, 1.82) is 0 Å². The lowest BCUT2D eigenvalue weighted by molar-refractivity contribution is 0.149. The largest absolute Gasteiger partial charge is 0.394 e. The van der Waals surface area contributed by atoms with Gasteiger partial charge in [-0.05, 0) is 0 Å². The lowest BCUT2D eigenvalue weighted by atomic mass is 10.5. The van der Waals surface area contributed by atoms with Crippen LogP contribution in [0.2, 0.25) is 0 Å². The monoisotopic (exact) mass is 371 g/mol. The van der Waals surface area contributed by atoms with Gasteiger partial charge >= 0.3 is 18.0 Å². The van der Waals surface area contributed by atoms with E-state index in [1.165, 1.54) is 12.7 Å². The van der Waals surface area contributed by atoms with Gasteiger partial charge in [0, 0.05) is 6.54 Å².